The van der Waals surface area contributed by atoms with E-state index in [0.717, 1.165) is 13.0 Å². The molecule has 2 heteroatoms. The molecule has 0 spiro atoms. The van der Waals surface area contributed by atoms with Gasteiger partial charge in [-0.3, -0.25) is 0 Å². The topological polar surface area (TPSA) is 21.8 Å². The molecule has 1 atom stereocenters. The van der Waals surface area contributed by atoms with Gasteiger partial charge in [0.2, 0.25) is 0 Å². The number of benzene rings is 1. The molecule has 0 aromatic heterocycles. The van der Waals surface area contributed by atoms with Gasteiger partial charge in [0.05, 0.1) is 19.3 Å². The summed E-state index contributed by atoms with van der Waals surface area (Å²) in [7, 11) is 0. The predicted octanol–water partition coefficient (Wildman–Crippen LogP) is 2.00. The normalized spacial score (nSPS) is 18.0. The van der Waals surface area contributed by atoms with Gasteiger partial charge in [0.15, 0.2) is 0 Å². The third kappa shape index (κ3) is 4.16. The second-order valence-corrected chi connectivity index (χ2v) is 3.49. The Morgan fingerprint density at radius 2 is 2.07 bits per heavy atom. The maximum atomic E-state index is 5.41. The molecule has 1 aromatic rings. The van der Waals surface area contributed by atoms with E-state index in [2.05, 4.69) is 11.8 Å². The van der Waals surface area contributed by atoms with Crippen LogP contribution in [0.4, 0.5) is 0 Å². The zero-order valence-electron chi connectivity index (χ0n) is 8.61. The minimum atomic E-state index is 0.395. The van der Waals surface area contributed by atoms with Crippen LogP contribution in [0.3, 0.4) is 0 Å². The molecule has 0 radical (unpaired) electrons. The van der Waals surface area contributed by atoms with Gasteiger partial charge in [-0.05, 0) is 5.56 Å². The molecule has 1 unspecified atom stereocenters. The lowest BCUT2D eigenvalue weighted by molar-refractivity contribution is 0.153. The minimum Gasteiger partial charge on any atom is -0.372 e. The zero-order valence-corrected chi connectivity index (χ0v) is 8.61. The molecule has 0 aliphatic carbocycles. The average Bonchev–Trinajstić information content (AvgIpc) is 3.09. The number of ether oxygens (including phenoxy) is 2. The summed E-state index contributed by atoms with van der Waals surface area (Å²) in [6, 6.07) is 10.1. The first-order chi connectivity index (χ1) is 7.45. The lowest BCUT2D eigenvalue weighted by Crippen LogP contribution is -1.92. The largest absolute Gasteiger partial charge is 0.372 e. The number of epoxide rings is 1. The van der Waals surface area contributed by atoms with Crippen molar-refractivity contribution in [2.45, 2.75) is 19.1 Å². The summed E-state index contributed by atoms with van der Waals surface area (Å²) >= 11 is 0. The van der Waals surface area contributed by atoms with E-state index >= 15 is 0 Å². The van der Waals surface area contributed by atoms with Crippen LogP contribution in [0.1, 0.15) is 12.0 Å². The van der Waals surface area contributed by atoms with Crippen LogP contribution in [0.25, 0.3) is 0 Å². The van der Waals surface area contributed by atoms with Crippen LogP contribution in [0.5, 0.6) is 0 Å². The maximum Gasteiger partial charge on any atom is 0.108 e. The molecule has 2 nitrogen and oxygen atoms in total. The van der Waals surface area contributed by atoms with Gasteiger partial charge in [-0.1, -0.05) is 42.2 Å². The van der Waals surface area contributed by atoms with Crippen LogP contribution in [-0.2, 0) is 16.1 Å². The SMILES string of the molecule is C(#CCC1CO1)COCc1ccccc1. The van der Waals surface area contributed by atoms with E-state index in [1.807, 2.05) is 30.3 Å². The second-order valence-electron chi connectivity index (χ2n) is 3.49. The highest BCUT2D eigenvalue weighted by atomic mass is 16.6. The van der Waals surface area contributed by atoms with Crippen molar-refractivity contribution in [3.05, 3.63) is 35.9 Å². The Labute approximate surface area is 90.2 Å². The molecule has 1 saturated heterocycles. The summed E-state index contributed by atoms with van der Waals surface area (Å²) in [6.45, 7) is 2.01. The van der Waals surface area contributed by atoms with E-state index in [0.29, 0.717) is 19.3 Å². The van der Waals surface area contributed by atoms with E-state index in [9.17, 15) is 0 Å². The van der Waals surface area contributed by atoms with Gasteiger partial charge in [-0.2, -0.15) is 0 Å². The first-order valence-electron chi connectivity index (χ1n) is 5.14. The van der Waals surface area contributed by atoms with Crippen LogP contribution >= 0.6 is 0 Å². The van der Waals surface area contributed by atoms with Gasteiger partial charge in [0.1, 0.15) is 6.61 Å². The summed E-state index contributed by atoms with van der Waals surface area (Å²) in [4.78, 5) is 0. The molecule has 2 rings (SSSR count). The molecule has 1 heterocycles. The van der Waals surface area contributed by atoms with Gasteiger partial charge in [0, 0.05) is 6.42 Å². The molecule has 1 aliphatic rings. The lowest BCUT2D eigenvalue weighted by Gasteiger charge is -1.98. The molecule has 1 fully saturated rings. The van der Waals surface area contributed by atoms with Gasteiger partial charge in [-0.25, -0.2) is 0 Å². The van der Waals surface area contributed by atoms with Gasteiger partial charge in [0.25, 0.3) is 0 Å². The van der Waals surface area contributed by atoms with Gasteiger partial charge in [-0.15, -0.1) is 0 Å². The first-order valence-corrected chi connectivity index (χ1v) is 5.14. The monoisotopic (exact) mass is 202 g/mol. The molecule has 78 valence electrons. The van der Waals surface area contributed by atoms with Crippen molar-refractivity contribution in [1.29, 1.82) is 0 Å². The summed E-state index contributed by atoms with van der Waals surface area (Å²) in [5.74, 6) is 6.01. The van der Waals surface area contributed by atoms with Gasteiger partial charge >= 0.3 is 0 Å². The molecule has 1 aliphatic heterocycles. The highest BCUT2D eigenvalue weighted by Crippen LogP contribution is 2.11. The minimum absolute atomic E-state index is 0.395. The van der Waals surface area contributed by atoms with Crippen molar-refractivity contribution in [3.8, 4) is 11.8 Å². The fraction of sp³-hybridized carbons (Fsp3) is 0.385. The zero-order chi connectivity index (χ0) is 10.3. The van der Waals surface area contributed by atoms with Crippen LogP contribution in [0.15, 0.2) is 30.3 Å². The summed E-state index contributed by atoms with van der Waals surface area (Å²) in [5.41, 5.74) is 1.19. The van der Waals surface area contributed by atoms with Gasteiger partial charge < -0.3 is 9.47 Å². The molecular formula is C13H14O2. The molecular weight excluding hydrogens is 188 g/mol. The molecule has 0 N–H and O–H groups in total. The molecule has 0 bridgehead atoms. The van der Waals surface area contributed by atoms with Crippen LogP contribution in [0.2, 0.25) is 0 Å². The third-order valence-electron chi connectivity index (χ3n) is 2.14. The van der Waals surface area contributed by atoms with E-state index < -0.39 is 0 Å². The fourth-order valence-electron chi connectivity index (χ4n) is 1.22. The first kappa shape index (κ1) is 10.2. The Hall–Kier alpha value is -1.30. The Morgan fingerprint density at radius 3 is 2.80 bits per heavy atom. The van der Waals surface area contributed by atoms with Crippen LogP contribution < -0.4 is 0 Å². The Morgan fingerprint density at radius 1 is 1.27 bits per heavy atom. The second kappa shape index (κ2) is 5.55. The van der Waals surface area contributed by atoms with Crippen molar-refractivity contribution >= 4 is 0 Å². The quantitative estimate of drug-likeness (QED) is 0.423. The van der Waals surface area contributed by atoms with E-state index in [1.165, 1.54) is 5.56 Å². The number of hydrogen-bond donors (Lipinski definition) is 0. The Balaban J connectivity index is 1.59. The smallest absolute Gasteiger partial charge is 0.108 e. The van der Waals surface area contributed by atoms with Crippen LogP contribution in [-0.4, -0.2) is 19.3 Å². The lowest BCUT2D eigenvalue weighted by atomic mass is 10.2. The molecule has 1 aromatic carbocycles. The fourth-order valence-corrected chi connectivity index (χ4v) is 1.22. The molecule has 0 amide bonds. The average molecular weight is 202 g/mol. The van der Waals surface area contributed by atoms with E-state index in [1.54, 1.807) is 0 Å². The van der Waals surface area contributed by atoms with Crippen molar-refractivity contribution in [2.24, 2.45) is 0 Å². The number of rotatable bonds is 4. The van der Waals surface area contributed by atoms with Crippen molar-refractivity contribution in [1.82, 2.24) is 0 Å². The van der Waals surface area contributed by atoms with E-state index in [-0.39, 0.29) is 0 Å². The third-order valence-corrected chi connectivity index (χ3v) is 2.14. The summed E-state index contributed by atoms with van der Waals surface area (Å²) in [6.07, 6.45) is 1.24. The Kier molecular flexibility index (Phi) is 3.78. The highest BCUT2D eigenvalue weighted by molar-refractivity contribution is 5.13. The standard InChI is InChI=1S/C13H14O2/c1-2-6-12(7-3-1)10-14-9-5-4-8-13-11-15-13/h1-3,6-7,13H,8-11H2. The predicted molar refractivity (Wildman–Crippen MR) is 58.2 cm³/mol. The number of hydrogen-bond acceptors (Lipinski definition) is 2. The van der Waals surface area contributed by atoms with Crippen LogP contribution in [0, 0.1) is 11.8 Å². The summed E-state index contributed by atoms with van der Waals surface area (Å²) < 4.78 is 10.4. The maximum absolute atomic E-state index is 5.41. The highest BCUT2D eigenvalue weighted by Gasteiger charge is 2.20. The molecule has 15 heavy (non-hydrogen) atoms. The van der Waals surface area contributed by atoms with Crippen molar-refractivity contribution in [3.63, 3.8) is 0 Å². The van der Waals surface area contributed by atoms with Crippen molar-refractivity contribution in [2.75, 3.05) is 13.2 Å². The Bertz CT molecular complexity index is 344. The summed E-state index contributed by atoms with van der Waals surface area (Å²) in [5, 5.41) is 0. The molecule has 0 saturated carbocycles. The van der Waals surface area contributed by atoms with Crippen molar-refractivity contribution < 1.29 is 9.47 Å². The van der Waals surface area contributed by atoms with E-state index in [4.69, 9.17) is 9.47 Å².